The molecule has 0 aliphatic rings. The van der Waals surface area contributed by atoms with Crippen molar-refractivity contribution < 1.29 is 0 Å². The van der Waals surface area contributed by atoms with Crippen LogP contribution in [0.4, 0.5) is 0 Å². The Kier molecular flexibility index (Phi) is 1.62. The molecule has 3 rings (SSSR count). The predicted octanol–water partition coefficient (Wildman–Crippen LogP) is 2.03. The van der Waals surface area contributed by atoms with Crippen LogP contribution in [0.1, 0.15) is 5.69 Å². The van der Waals surface area contributed by atoms with E-state index in [0.29, 0.717) is 0 Å². The van der Waals surface area contributed by atoms with Crippen LogP contribution in [0.5, 0.6) is 0 Å². The van der Waals surface area contributed by atoms with E-state index in [-0.39, 0.29) is 0 Å². The molecule has 0 bridgehead atoms. The van der Waals surface area contributed by atoms with Gasteiger partial charge in [0.2, 0.25) is 0 Å². The van der Waals surface area contributed by atoms with Gasteiger partial charge in [0.15, 0.2) is 0 Å². The lowest BCUT2D eigenvalue weighted by Crippen LogP contribution is -1.85. The van der Waals surface area contributed by atoms with Gasteiger partial charge in [-0.2, -0.15) is 5.10 Å². The van der Waals surface area contributed by atoms with Crippen LogP contribution in [0.25, 0.3) is 16.8 Å². The van der Waals surface area contributed by atoms with Gasteiger partial charge < -0.3 is 4.40 Å². The molecule has 0 unspecified atom stereocenters. The Morgan fingerprint density at radius 1 is 1.33 bits per heavy atom. The number of aromatic amines is 1. The summed E-state index contributed by atoms with van der Waals surface area (Å²) in [5.74, 6) is 0. The summed E-state index contributed by atoms with van der Waals surface area (Å²) in [5.41, 5.74) is 4.24. The lowest BCUT2D eigenvalue weighted by Gasteiger charge is -2.00. The fourth-order valence-electron chi connectivity index (χ4n) is 1.73. The second kappa shape index (κ2) is 2.95. The van der Waals surface area contributed by atoms with Crippen LogP contribution < -0.4 is 0 Å². The summed E-state index contributed by atoms with van der Waals surface area (Å²) in [6, 6.07) is 4.06. The van der Waals surface area contributed by atoms with Gasteiger partial charge in [-0.25, -0.2) is 4.98 Å². The molecule has 3 heterocycles. The number of fused-ring (bicyclic) bond motifs is 1. The number of hydrogen-bond donors (Lipinski definition) is 1. The van der Waals surface area contributed by atoms with Crippen LogP contribution in [0.3, 0.4) is 0 Å². The molecule has 4 nitrogen and oxygen atoms in total. The van der Waals surface area contributed by atoms with Crippen LogP contribution in [-0.4, -0.2) is 19.6 Å². The van der Waals surface area contributed by atoms with Crippen molar-refractivity contribution in [3.05, 3.63) is 42.6 Å². The van der Waals surface area contributed by atoms with Gasteiger partial charge in [0.25, 0.3) is 0 Å². The fourth-order valence-corrected chi connectivity index (χ4v) is 1.73. The minimum Gasteiger partial charge on any atom is -0.306 e. The van der Waals surface area contributed by atoms with Crippen molar-refractivity contribution in [2.24, 2.45) is 0 Å². The van der Waals surface area contributed by atoms with E-state index in [1.54, 1.807) is 6.20 Å². The summed E-state index contributed by atoms with van der Waals surface area (Å²) in [6.07, 6.45) is 7.70. The molecule has 0 amide bonds. The van der Waals surface area contributed by atoms with E-state index in [1.807, 2.05) is 29.8 Å². The first-order valence-corrected chi connectivity index (χ1v) is 4.78. The third-order valence-corrected chi connectivity index (χ3v) is 2.53. The van der Waals surface area contributed by atoms with Gasteiger partial charge in [-0.05, 0) is 19.1 Å². The molecule has 0 atom stereocenters. The molecule has 0 radical (unpaired) electrons. The second-order valence-corrected chi connectivity index (χ2v) is 3.49. The zero-order valence-electron chi connectivity index (χ0n) is 8.31. The highest BCUT2D eigenvalue weighted by Crippen LogP contribution is 2.21. The molecule has 3 aromatic rings. The minimum atomic E-state index is 0.958. The molecule has 0 fully saturated rings. The lowest BCUT2D eigenvalue weighted by atomic mass is 10.1. The van der Waals surface area contributed by atoms with Gasteiger partial charge in [-0.15, -0.1) is 0 Å². The van der Waals surface area contributed by atoms with E-state index in [1.165, 1.54) is 0 Å². The van der Waals surface area contributed by atoms with Crippen LogP contribution >= 0.6 is 0 Å². The van der Waals surface area contributed by atoms with Crippen molar-refractivity contribution in [1.29, 1.82) is 0 Å². The van der Waals surface area contributed by atoms with Crippen LogP contribution in [-0.2, 0) is 0 Å². The average Bonchev–Trinajstić information content (AvgIpc) is 2.84. The van der Waals surface area contributed by atoms with Crippen molar-refractivity contribution in [3.8, 4) is 11.1 Å². The highest BCUT2D eigenvalue weighted by atomic mass is 15.1. The molecule has 4 heteroatoms. The molecular weight excluding hydrogens is 188 g/mol. The molecule has 3 aromatic heterocycles. The van der Waals surface area contributed by atoms with E-state index >= 15 is 0 Å². The summed E-state index contributed by atoms with van der Waals surface area (Å²) in [5, 5.41) is 6.97. The van der Waals surface area contributed by atoms with Crippen LogP contribution in [0, 0.1) is 6.92 Å². The van der Waals surface area contributed by atoms with E-state index < -0.39 is 0 Å². The van der Waals surface area contributed by atoms with Gasteiger partial charge in [-0.3, -0.25) is 5.10 Å². The third-order valence-electron chi connectivity index (χ3n) is 2.53. The summed E-state index contributed by atoms with van der Waals surface area (Å²) < 4.78 is 2.00. The molecule has 0 aromatic carbocycles. The van der Waals surface area contributed by atoms with Gasteiger partial charge in [0.1, 0.15) is 5.65 Å². The van der Waals surface area contributed by atoms with E-state index in [4.69, 9.17) is 0 Å². The number of nitrogens with zero attached hydrogens (tertiary/aromatic N) is 3. The Balaban J connectivity index is 2.23. The topological polar surface area (TPSA) is 46.0 Å². The monoisotopic (exact) mass is 198 g/mol. The number of pyridine rings is 1. The Morgan fingerprint density at radius 3 is 3.07 bits per heavy atom. The maximum Gasteiger partial charge on any atom is 0.136 e. The fraction of sp³-hybridized carbons (Fsp3) is 0.0909. The first-order chi connectivity index (χ1) is 7.34. The molecule has 0 aliphatic carbocycles. The predicted molar refractivity (Wildman–Crippen MR) is 57.5 cm³/mol. The Morgan fingerprint density at radius 2 is 2.27 bits per heavy atom. The van der Waals surface area contributed by atoms with Crippen molar-refractivity contribution in [3.63, 3.8) is 0 Å². The second-order valence-electron chi connectivity index (χ2n) is 3.49. The quantitative estimate of drug-likeness (QED) is 0.650. The van der Waals surface area contributed by atoms with Gasteiger partial charge >= 0.3 is 0 Å². The van der Waals surface area contributed by atoms with Gasteiger partial charge in [0.05, 0.1) is 5.69 Å². The molecule has 0 aliphatic heterocycles. The third kappa shape index (κ3) is 1.22. The number of nitrogens with one attached hydrogen (secondary N) is 1. The Labute approximate surface area is 86.6 Å². The van der Waals surface area contributed by atoms with Crippen molar-refractivity contribution in [2.45, 2.75) is 6.92 Å². The summed E-state index contributed by atoms with van der Waals surface area (Å²) >= 11 is 0. The average molecular weight is 198 g/mol. The Bertz CT molecular complexity index is 606. The number of rotatable bonds is 1. The van der Waals surface area contributed by atoms with Crippen molar-refractivity contribution in [2.75, 3.05) is 0 Å². The molecular formula is C11H10N4. The maximum absolute atomic E-state index is 4.20. The van der Waals surface area contributed by atoms with Crippen molar-refractivity contribution >= 4 is 5.65 Å². The number of aryl methyl sites for hydroxylation is 1. The maximum atomic E-state index is 4.20. The zero-order chi connectivity index (χ0) is 10.3. The molecule has 15 heavy (non-hydrogen) atoms. The largest absolute Gasteiger partial charge is 0.306 e. The van der Waals surface area contributed by atoms with Crippen molar-refractivity contribution in [1.82, 2.24) is 19.6 Å². The molecule has 74 valence electrons. The lowest BCUT2D eigenvalue weighted by molar-refractivity contribution is 1.05. The molecule has 0 spiro atoms. The first-order valence-electron chi connectivity index (χ1n) is 4.78. The van der Waals surface area contributed by atoms with Gasteiger partial charge in [0, 0.05) is 35.9 Å². The number of imidazole rings is 1. The summed E-state index contributed by atoms with van der Waals surface area (Å²) in [7, 11) is 0. The smallest absolute Gasteiger partial charge is 0.136 e. The number of aromatic nitrogens is 4. The van der Waals surface area contributed by atoms with E-state index in [9.17, 15) is 0 Å². The number of hydrogen-bond acceptors (Lipinski definition) is 2. The Hall–Kier alpha value is -2.10. The molecule has 0 saturated carbocycles. The standard InChI is InChI=1S/C11H10N4/c1-8-10(6-13-14-8)9-2-3-11-12-4-5-15(11)7-9/h2-7H,1H3,(H,13,14). The van der Waals surface area contributed by atoms with E-state index in [0.717, 1.165) is 22.5 Å². The highest BCUT2D eigenvalue weighted by Gasteiger charge is 2.04. The SMILES string of the molecule is Cc1n[nH]cc1-c1ccc2nccn2c1. The minimum absolute atomic E-state index is 0.958. The molecule has 0 saturated heterocycles. The normalized spacial score (nSPS) is 11.0. The van der Waals surface area contributed by atoms with Gasteiger partial charge in [-0.1, -0.05) is 0 Å². The number of H-pyrrole nitrogens is 1. The summed E-state index contributed by atoms with van der Waals surface area (Å²) in [4.78, 5) is 4.20. The van der Waals surface area contributed by atoms with Crippen LogP contribution in [0.2, 0.25) is 0 Å². The highest BCUT2D eigenvalue weighted by molar-refractivity contribution is 5.65. The first kappa shape index (κ1) is 8.23. The van der Waals surface area contributed by atoms with E-state index in [2.05, 4.69) is 27.4 Å². The summed E-state index contributed by atoms with van der Waals surface area (Å²) in [6.45, 7) is 1.99. The van der Waals surface area contributed by atoms with Crippen LogP contribution in [0.15, 0.2) is 36.9 Å². The zero-order valence-corrected chi connectivity index (χ0v) is 8.31. The molecule has 1 N–H and O–H groups in total.